The van der Waals surface area contributed by atoms with Crippen LogP contribution in [0.25, 0.3) is 0 Å². The topological polar surface area (TPSA) is 76.7 Å². The second kappa shape index (κ2) is 4.57. The standard InChI is InChI=1S/C11H13N5/c1-8-3-2-4-9(15-8)7-14-11-13-6-5-10(12)16-11/h2-6H,7H2,1H3,(H3,12,13,14,16). The van der Waals surface area contributed by atoms with E-state index in [1.807, 2.05) is 25.1 Å². The van der Waals surface area contributed by atoms with Crippen molar-refractivity contribution in [2.24, 2.45) is 0 Å². The van der Waals surface area contributed by atoms with Crippen molar-refractivity contribution in [2.45, 2.75) is 13.5 Å². The van der Waals surface area contributed by atoms with Crippen molar-refractivity contribution in [2.75, 3.05) is 11.1 Å². The Morgan fingerprint density at radius 2 is 2.12 bits per heavy atom. The van der Waals surface area contributed by atoms with E-state index in [2.05, 4.69) is 20.3 Å². The number of nitrogen functional groups attached to an aromatic ring is 1. The molecule has 0 unspecified atom stereocenters. The SMILES string of the molecule is Cc1cccc(CNc2nccc(N)n2)n1. The molecule has 0 saturated carbocycles. The van der Waals surface area contributed by atoms with Crippen molar-refractivity contribution in [1.29, 1.82) is 0 Å². The van der Waals surface area contributed by atoms with Gasteiger partial charge in [-0.15, -0.1) is 0 Å². The van der Waals surface area contributed by atoms with Gasteiger partial charge in [0.15, 0.2) is 0 Å². The molecule has 82 valence electrons. The fourth-order valence-corrected chi connectivity index (χ4v) is 1.33. The molecule has 0 aliphatic rings. The number of aryl methyl sites for hydroxylation is 1. The van der Waals surface area contributed by atoms with Gasteiger partial charge < -0.3 is 11.1 Å². The third-order valence-electron chi connectivity index (χ3n) is 2.05. The summed E-state index contributed by atoms with van der Waals surface area (Å²) >= 11 is 0. The minimum absolute atomic E-state index is 0.453. The molecule has 0 bridgehead atoms. The Labute approximate surface area is 93.8 Å². The third-order valence-corrected chi connectivity index (χ3v) is 2.05. The number of nitrogens with zero attached hydrogens (tertiary/aromatic N) is 3. The lowest BCUT2D eigenvalue weighted by Crippen LogP contribution is -2.06. The van der Waals surface area contributed by atoms with Gasteiger partial charge in [0.2, 0.25) is 5.95 Å². The van der Waals surface area contributed by atoms with Crippen LogP contribution in [0.2, 0.25) is 0 Å². The van der Waals surface area contributed by atoms with Crippen LogP contribution in [0.4, 0.5) is 11.8 Å². The van der Waals surface area contributed by atoms with E-state index in [-0.39, 0.29) is 0 Å². The summed E-state index contributed by atoms with van der Waals surface area (Å²) in [4.78, 5) is 12.4. The summed E-state index contributed by atoms with van der Waals surface area (Å²) in [6.45, 7) is 2.55. The first-order valence-corrected chi connectivity index (χ1v) is 4.99. The van der Waals surface area contributed by atoms with E-state index >= 15 is 0 Å². The molecule has 0 radical (unpaired) electrons. The maximum Gasteiger partial charge on any atom is 0.224 e. The molecule has 2 aromatic rings. The van der Waals surface area contributed by atoms with Crippen LogP contribution >= 0.6 is 0 Å². The third kappa shape index (κ3) is 2.66. The smallest absolute Gasteiger partial charge is 0.224 e. The van der Waals surface area contributed by atoms with Crippen LogP contribution in [0.3, 0.4) is 0 Å². The first kappa shape index (κ1) is 10.4. The molecule has 0 amide bonds. The zero-order valence-electron chi connectivity index (χ0n) is 9.01. The lowest BCUT2D eigenvalue weighted by Gasteiger charge is -2.04. The summed E-state index contributed by atoms with van der Waals surface area (Å²) in [5.74, 6) is 0.970. The Bertz CT molecular complexity index is 438. The number of anilines is 2. The Kier molecular flexibility index (Phi) is 2.95. The molecule has 0 atom stereocenters. The summed E-state index contributed by atoms with van der Waals surface area (Å²) in [6.07, 6.45) is 1.62. The summed E-state index contributed by atoms with van der Waals surface area (Å²) in [5, 5.41) is 3.06. The fourth-order valence-electron chi connectivity index (χ4n) is 1.33. The van der Waals surface area contributed by atoms with E-state index in [1.54, 1.807) is 12.3 Å². The highest BCUT2D eigenvalue weighted by Crippen LogP contribution is 2.04. The number of rotatable bonds is 3. The fraction of sp³-hybridized carbons (Fsp3) is 0.182. The van der Waals surface area contributed by atoms with E-state index in [4.69, 9.17) is 5.73 Å². The number of hydrogen-bond acceptors (Lipinski definition) is 5. The zero-order valence-corrected chi connectivity index (χ0v) is 9.01. The van der Waals surface area contributed by atoms with Crippen LogP contribution in [0.5, 0.6) is 0 Å². The molecule has 2 aromatic heterocycles. The van der Waals surface area contributed by atoms with Crippen molar-refractivity contribution in [1.82, 2.24) is 15.0 Å². The molecular weight excluding hydrogens is 202 g/mol. The lowest BCUT2D eigenvalue weighted by molar-refractivity contribution is 0.985. The summed E-state index contributed by atoms with van der Waals surface area (Å²) in [5.41, 5.74) is 7.49. The number of nitrogens with one attached hydrogen (secondary N) is 1. The monoisotopic (exact) mass is 215 g/mol. The highest BCUT2D eigenvalue weighted by atomic mass is 15.1. The van der Waals surface area contributed by atoms with Crippen LogP contribution < -0.4 is 11.1 Å². The molecule has 5 heteroatoms. The molecule has 2 heterocycles. The second-order valence-corrected chi connectivity index (χ2v) is 3.43. The lowest BCUT2D eigenvalue weighted by atomic mass is 10.3. The predicted octanol–water partition coefficient (Wildman–Crippen LogP) is 1.37. The van der Waals surface area contributed by atoms with Gasteiger partial charge in [0.25, 0.3) is 0 Å². The molecule has 0 aliphatic heterocycles. The van der Waals surface area contributed by atoms with E-state index in [0.717, 1.165) is 11.4 Å². The molecule has 3 N–H and O–H groups in total. The molecule has 0 fully saturated rings. The van der Waals surface area contributed by atoms with E-state index in [0.29, 0.717) is 18.3 Å². The van der Waals surface area contributed by atoms with Crippen LogP contribution in [-0.2, 0) is 6.54 Å². The van der Waals surface area contributed by atoms with E-state index < -0.39 is 0 Å². The number of hydrogen-bond donors (Lipinski definition) is 2. The largest absolute Gasteiger partial charge is 0.384 e. The van der Waals surface area contributed by atoms with E-state index in [9.17, 15) is 0 Å². The Hall–Kier alpha value is -2.17. The maximum absolute atomic E-state index is 5.54. The Morgan fingerprint density at radius 3 is 2.88 bits per heavy atom. The Morgan fingerprint density at radius 1 is 1.25 bits per heavy atom. The van der Waals surface area contributed by atoms with Crippen molar-refractivity contribution in [3.63, 3.8) is 0 Å². The molecule has 0 spiro atoms. The normalized spacial score (nSPS) is 10.1. The highest BCUT2D eigenvalue weighted by Gasteiger charge is 1.98. The quantitative estimate of drug-likeness (QED) is 0.808. The first-order chi connectivity index (χ1) is 7.74. The summed E-state index contributed by atoms with van der Waals surface area (Å²) < 4.78 is 0. The first-order valence-electron chi connectivity index (χ1n) is 4.99. The van der Waals surface area contributed by atoms with Crippen molar-refractivity contribution < 1.29 is 0 Å². The molecule has 0 aromatic carbocycles. The minimum atomic E-state index is 0.453. The number of pyridine rings is 1. The van der Waals surface area contributed by atoms with Gasteiger partial charge in [0.1, 0.15) is 5.82 Å². The molecule has 2 rings (SSSR count). The maximum atomic E-state index is 5.54. The molecule has 16 heavy (non-hydrogen) atoms. The van der Waals surface area contributed by atoms with Gasteiger partial charge in [-0.25, -0.2) is 4.98 Å². The molecular formula is C11H13N5. The van der Waals surface area contributed by atoms with Gasteiger partial charge in [-0.3, -0.25) is 4.98 Å². The van der Waals surface area contributed by atoms with Gasteiger partial charge in [-0.2, -0.15) is 4.98 Å². The number of nitrogens with two attached hydrogens (primary N) is 1. The van der Waals surface area contributed by atoms with Crippen LogP contribution in [-0.4, -0.2) is 15.0 Å². The van der Waals surface area contributed by atoms with Gasteiger partial charge in [-0.05, 0) is 25.1 Å². The van der Waals surface area contributed by atoms with Crippen molar-refractivity contribution in [3.8, 4) is 0 Å². The average Bonchev–Trinajstić information content (AvgIpc) is 2.27. The Balaban J connectivity index is 2.02. The van der Waals surface area contributed by atoms with Crippen molar-refractivity contribution in [3.05, 3.63) is 41.9 Å². The average molecular weight is 215 g/mol. The van der Waals surface area contributed by atoms with Crippen LogP contribution in [0.15, 0.2) is 30.5 Å². The zero-order chi connectivity index (χ0) is 11.4. The van der Waals surface area contributed by atoms with Gasteiger partial charge in [0.05, 0.1) is 12.2 Å². The van der Waals surface area contributed by atoms with E-state index in [1.165, 1.54) is 0 Å². The summed E-state index contributed by atoms with van der Waals surface area (Å²) in [6, 6.07) is 7.53. The minimum Gasteiger partial charge on any atom is -0.384 e. The highest BCUT2D eigenvalue weighted by molar-refractivity contribution is 5.35. The van der Waals surface area contributed by atoms with Gasteiger partial charge in [-0.1, -0.05) is 6.07 Å². The van der Waals surface area contributed by atoms with Crippen LogP contribution in [0, 0.1) is 6.92 Å². The van der Waals surface area contributed by atoms with Crippen LogP contribution in [0.1, 0.15) is 11.4 Å². The molecule has 5 nitrogen and oxygen atoms in total. The molecule has 0 saturated heterocycles. The van der Waals surface area contributed by atoms with Crippen molar-refractivity contribution >= 4 is 11.8 Å². The van der Waals surface area contributed by atoms with Gasteiger partial charge in [0, 0.05) is 11.9 Å². The number of aromatic nitrogens is 3. The van der Waals surface area contributed by atoms with Gasteiger partial charge >= 0.3 is 0 Å². The second-order valence-electron chi connectivity index (χ2n) is 3.43. The molecule has 0 aliphatic carbocycles. The predicted molar refractivity (Wildman–Crippen MR) is 62.7 cm³/mol. The summed E-state index contributed by atoms with van der Waals surface area (Å²) in [7, 11) is 0.